The first-order chi connectivity index (χ1) is 11.0. The normalized spacial score (nSPS) is 15.0. The van der Waals surface area contributed by atoms with Crippen molar-refractivity contribution in [2.45, 2.75) is 6.92 Å². The molecule has 2 aromatic rings. The molecule has 0 aliphatic carbocycles. The quantitative estimate of drug-likeness (QED) is 0.838. The molecule has 0 aromatic carbocycles. The lowest BCUT2D eigenvalue weighted by Gasteiger charge is -2.35. The van der Waals surface area contributed by atoms with E-state index in [1.165, 1.54) is 25.3 Å². The van der Waals surface area contributed by atoms with Crippen molar-refractivity contribution in [1.82, 2.24) is 14.5 Å². The van der Waals surface area contributed by atoms with Crippen molar-refractivity contribution in [2.75, 3.05) is 31.1 Å². The van der Waals surface area contributed by atoms with Crippen molar-refractivity contribution in [3.05, 3.63) is 40.9 Å². The molecule has 0 bridgehead atoms. The van der Waals surface area contributed by atoms with Gasteiger partial charge in [-0.2, -0.15) is 0 Å². The molecule has 7 heteroatoms. The van der Waals surface area contributed by atoms with Gasteiger partial charge in [-0.25, -0.2) is 9.37 Å². The molecular weight excluding hydrogens is 299 g/mol. The van der Waals surface area contributed by atoms with E-state index in [0.717, 1.165) is 0 Å². The average molecular weight is 316 g/mol. The average Bonchev–Trinajstić information content (AvgIpc) is 2.55. The van der Waals surface area contributed by atoms with E-state index in [0.29, 0.717) is 31.8 Å². The molecule has 120 valence electrons. The minimum atomic E-state index is -0.535. The standard InChI is InChI=1S/C16H17FN4O2/c1-3-19-5-4-14(23)12-10-13(17)16(18-15(12)19)21-8-6-20(7-9-21)11(2)22/h3-5,10H,1,6-9H2,2H3. The van der Waals surface area contributed by atoms with E-state index >= 15 is 0 Å². The number of aromatic nitrogens is 2. The third kappa shape index (κ3) is 2.69. The van der Waals surface area contributed by atoms with Gasteiger partial charge in [0.05, 0.1) is 5.39 Å². The van der Waals surface area contributed by atoms with Gasteiger partial charge < -0.3 is 14.4 Å². The number of rotatable bonds is 2. The van der Waals surface area contributed by atoms with Crippen LogP contribution in [0.2, 0.25) is 0 Å². The van der Waals surface area contributed by atoms with Gasteiger partial charge in [0.2, 0.25) is 5.91 Å². The Morgan fingerprint density at radius 3 is 2.65 bits per heavy atom. The Morgan fingerprint density at radius 1 is 1.35 bits per heavy atom. The van der Waals surface area contributed by atoms with Gasteiger partial charge in [-0.15, -0.1) is 0 Å². The molecule has 0 saturated carbocycles. The second-order valence-corrected chi connectivity index (χ2v) is 5.43. The molecule has 6 nitrogen and oxygen atoms in total. The molecule has 1 amide bonds. The fraction of sp³-hybridized carbons (Fsp3) is 0.312. The third-order valence-corrected chi connectivity index (χ3v) is 4.06. The maximum atomic E-state index is 14.4. The molecule has 3 heterocycles. The summed E-state index contributed by atoms with van der Waals surface area (Å²) in [4.78, 5) is 31.1. The number of piperazine rings is 1. The number of nitrogens with zero attached hydrogens (tertiary/aromatic N) is 4. The van der Waals surface area contributed by atoms with Crippen molar-refractivity contribution in [1.29, 1.82) is 0 Å². The van der Waals surface area contributed by atoms with E-state index < -0.39 is 5.82 Å². The molecule has 3 rings (SSSR count). The Labute approximate surface area is 132 Å². The van der Waals surface area contributed by atoms with Gasteiger partial charge in [0.25, 0.3) is 0 Å². The molecule has 1 saturated heterocycles. The lowest BCUT2D eigenvalue weighted by atomic mass is 10.2. The van der Waals surface area contributed by atoms with Crippen molar-refractivity contribution in [2.24, 2.45) is 0 Å². The van der Waals surface area contributed by atoms with Crippen molar-refractivity contribution in [3.8, 4) is 0 Å². The SMILES string of the molecule is C=Cn1ccc(=O)c2cc(F)c(N3CCN(C(C)=O)CC3)nc21. The summed E-state index contributed by atoms with van der Waals surface area (Å²) in [7, 11) is 0. The van der Waals surface area contributed by atoms with E-state index in [-0.39, 0.29) is 22.5 Å². The number of carbonyl (C=O) groups excluding carboxylic acids is 1. The number of amides is 1. The number of hydrogen-bond acceptors (Lipinski definition) is 4. The van der Waals surface area contributed by atoms with E-state index in [1.54, 1.807) is 20.6 Å². The molecule has 0 radical (unpaired) electrons. The van der Waals surface area contributed by atoms with Gasteiger partial charge in [0, 0.05) is 51.6 Å². The highest BCUT2D eigenvalue weighted by Crippen LogP contribution is 2.22. The first-order valence-electron chi connectivity index (χ1n) is 7.35. The third-order valence-electron chi connectivity index (χ3n) is 4.06. The van der Waals surface area contributed by atoms with Crippen LogP contribution in [0, 0.1) is 5.82 Å². The van der Waals surface area contributed by atoms with Gasteiger partial charge in [0.15, 0.2) is 22.7 Å². The number of halogens is 1. The number of hydrogen-bond donors (Lipinski definition) is 0. The zero-order chi connectivity index (χ0) is 16.6. The molecule has 23 heavy (non-hydrogen) atoms. The highest BCUT2D eigenvalue weighted by Gasteiger charge is 2.23. The molecule has 0 spiro atoms. The molecule has 1 aliphatic rings. The van der Waals surface area contributed by atoms with Crippen molar-refractivity contribution in [3.63, 3.8) is 0 Å². The van der Waals surface area contributed by atoms with Gasteiger partial charge in [-0.3, -0.25) is 9.59 Å². The molecule has 0 unspecified atom stereocenters. The molecule has 1 fully saturated rings. The monoisotopic (exact) mass is 316 g/mol. The topological polar surface area (TPSA) is 58.4 Å². The van der Waals surface area contributed by atoms with Crippen LogP contribution < -0.4 is 10.3 Å². The van der Waals surface area contributed by atoms with Gasteiger partial charge in [0.1, 0.15) is 0 Å². The van der Waals surface area contributed by atoms with Crippen LogP contribution in [0.3, 0.4) is 0 Å². The Bertz CT molecular complexity index is 838. The van der Waals surface area contributed by atoms with Crippen LogP contribution in [-0.2, 0) is 4.79 Å². The van der Waals surface area contributed by atoms with E-state index in [9.17, 15) is 14.0 Å². The maximum absolute atomic E-state index is 14.4. The maximum Gasteiger partial charge on any atom is 0.219 e. The van der Waals surface area contributed by atoms with E-state index in [1.807, 2.05) is 0 Å². The zero-order valence-electron chi connectivity index (χ0n) is 12.8. The minimum Gasteiger partial charge on any atom is -0.351 e. The van der Waals surface area contributed by atoms with Gasteiger partial charge >= 0.3 is 0 Å². The Morgan fingerprint density at radius 2 is 2.04 bits per heavy atom. The summed E-state index contributed by atoms with van der Waals surface area (Å²) in [5.74, 6) is -0.327. The number of anilines is 1. The fourth-order valence-corrected chi connectivity index (χ4v) is 2.76. The van der Waals surface area contributed by atoms with Crippen LogP contribution in [0.4, 0.5) is 10.2 Å². The first-order valence-corrected chi connectivity index (χ1v) is 7.35. The number of pyridine rings is 2. The minimum absolute atomic E-state index is 0.0112. The predicted molar refractivity (Wildman–Crippen MR) is 86.8 cm³/mol. The summed E-state index contributed by atoms with van der Waals surface area (Å²) in [5.41, 5.74) is 0.0929. The molecular formula is C16H17FN4O2. The second kappa shape index (κ2) is 5.83. The van der Waals surface area contributed by atoms with Gasteiger partial charge in [-0.1, -0.05) is 6.58 Å². The summed E-state index contributed by atoms with van der Waals surface area (Å²) in [5, 5.41) is 0.219. The van der Waals surface area contributed by atoms with Crippen LogP contribution in [-0.4, -0.2) is 46.5 Å². The van der Waals surface area contributed by atoms with Crippen LogP contribution in [0.1, 0.15) is 6.92 Å². The van der Waals surface area contributed by atoms with Crippen LogP contribution in [0.5, 0.6) is 0 Å². The van der Waals surface area contributed by atoms with Crippen LogP contribution >= 0.6 is 0 Å². The smallest absolute Gasteiger partial charge is 0.219 e. The molecule has 2 aromatic heterocycles. The Balaban J connectivity index is 2.02. The molecule has 1 aliphatic heterocycles. The van der Waals surface area contributed by atoms with Crippen molar-refractivity contribution < 1.29 is 9.18 Å². The fourth-order valence-electron chi connectivity index (χ4n) is 2.76. The lowest BCUT2D eigenvalue weighted by Crippen LogP contribution is -2.48. The lowest BCUT2D eigenvalue weighted by molar-refractivity contribution is -0.129. The zero-order valence-corrected chi connectivity index (χ0v) is 12.8. The van der Waals surface area contributed by atoms with Crippen LogP contribution in [0.15, 0.2) is 29.7 Å². The van der Waals surface area contributed by atoms with E-state index in [4.69, 9.17) is 0 Å². The molecule has 0 atom stereocenters. The Hall–Kier alpha value is -2.70. The summed E-state index contributed by atoms with van der Waals surface area (Å²) < 4.78 is 16.0. The van der Waals surface area contributed by atoms with Gasteiger partial charge in [-0.05, 0) is 6.07 Å². The van der Waals surface area contributed by atoms with Crippen LogP contribution in [0.25, 0.3) is 17.2 Å². The second-order valence-electron chi connectivity index (χ2n) is 5.43. The largest absolute Gasteiger partial charge is 0.351 e. The highest BCUT2D eigenvalue weighted by molar-refractivity contribution is 5.79. The summed E-state index contributed by atoms with van der Waals surface area (Å²) in [6, 6.07) is 2.58. The first kappa shape index (κ1) is 15.2. The summed E-state index contributed by atoms with van der Waals surface area (Å²) >= 11 is 0. The molecule has 0 N–H and O–H groups in total. The number of fused-ring (bicyclic) bond motifs is 1. The van der Waals surface area contributed by atoms with Crippen molar-refractivity contribution >= 4 is 29.0 Å². The number of carbonyl (C=O) groups is 1. The predicted octanol–water partition coefficient (Wildman–Crippen LogP) is 1.30. The Kier molecular flexibility index (Phi) is 3.85. The summed E-state index contributed by atoms with van der Waals surface area (Å²) in [6.45, 7) is 7.25. The summed E-state index contributed by atoms with van der Waals surface area (Å²) in [6.07, 6.45) is 3.07. The van der Waals surface area contributed by atoms with E-state index in [2.05, 4.69) is 11.6 Å². The highest BCUT2D eigenvalue weighted by atomic mass is 19.1.